The second kappa shape index (κ2) is 8.64. The molecule has 2 aliphatic heterocycles. The van der Waals surface area contributed by atoms with Crippen LogP contribution in [0.3, 0.4) is 0 Å². The third-order valence-electron chi connectivity index (χ3n) is 5.89. The zero-order valence-electron chi connectivity index (χ0n) is 16.5. The molecule has 2 aromatic rings. The number of carbonyl (C=O) groups excluding carboxylic acids is 1. The number of nitrogens with zero attached hydrogens (tertiary/aromatic N) is 3. The van der Waals surface area contributed by atoms with Gasteiger partial charge < -0.3 is 0 Å². The summed E-state index contributed by atoms with van der Waals surface area (Å²) in [6.45, 7) is 3.46. The molecule has 1 saturated heterocycles. The molecule has 4 rings (SSSR count). The van der Waals surface area contributed by atoms with E-state index in [4.69, 9.17) is 11.6 Å². The van der Waals surface area contributed by atoms with E-state index in [0.29, 0.717) is 24.0 Å². The SMILES string of the molecule is C[C@@H]1CCCCN1CC(=O)N1N=C(c2ccc(F)cc2)C[C@H]1c1ccccc1Cl. The van der Waals surface area contributed by atoms with Gasteiger partial charge in [0.05, 0.1) is 18.3 Å². The van der Waals surface area contributed by atoms with Gasteiger partial charge in [0.15, 0.2) is 0 Å². The quantitative estimate of drug-likeness (QED) is 0.704. The summed E-state index contributed by atoms with van der Waals surface area (Å²) in [6.07, 6.45) is 4.00. The normalized spacial score (nSPS) is 22.6. The average molecular weight is 414 g/mol. The average Bonchev–Trinajstić information content (AvgIpc) is 3.16. The molecule has 0 N–H and O–H groups in total. The van der Waals surface area contributed by atoms with E-state index in [1.807, 2.05) is 24.3 Å². The van der Waals surface area contributed by atoms with Crippen LogP contribution in [0.1, 0.15) is 49.8 Å². The van der Waals surface area contributed by atoms with Crippen LogP contribution in [0.5, 0.6) is 0 Å². The van der Waals surface area contributed by atoms with Crippen molar-refractivity contribution in [3.63, 3.8) is 0 Å². The molecule has 1 amide bonds. The number of hydrazone groups is 1. The van der Waals surface area contributed by atoms with E-state index in [0.717, 1.165) is 36.2 Å². The standard InChI is InChI=1S/C23H25ClFN3O/c1-16-6-4-5-13-27(16)15-23(29)28-22(19-7-2-3-8-20(19)24)14-21(26-28)17-9-11-18(25)12-10-17/h2-3,7-12,16,22H,4-6,13-15H2,1H3/t16-,22+/m1/s1. The van der Waals surface area contributed by atoms with Crippen molar-refractivity contribution in [2.24, 2.45) is 5.10 Å². The summed E-state index contributed by atoms with van der Waals surface area (Å²) in [6, 6.07) is 14.0. The van der Waals surface area contributed by atoms with E-state index in [2.05, 4.69) is 16.9 Å². The lowest BCUT2D eigenvalue weighted by Gasteiger charge is -2.34. The molecule has 0 aliphatic carbocycles. The summed E-state index contributed by atoms with van der Waals surface area (Å²) >= 11 is 6.45. The van der Waals surface area contributed by atoms with E-state index in [9.17, 15) is 9.18 Å². The molecule has 0 radical (unpaired) electrons. The molecule has 6 heteroatoms. The Morgan fingerprint density at radius 3 is 2.66 bits per heavy atom. The summed E-state index contributed by atoms with van der Waals surface area (Å²) in [5, 5.41) is 6.88. The monoisotopic (exact) mass is 413 g/mol. The summed E-state index contributed by atoms with van der Waals surface area (Å²) in [7, 11) is 0. The highest BCUT2D eigenvalue weighted by molar-refractivity contribution is 6.31. The lowest BCUT2D eigenvalue weighted by Crippen LogP contribution is -2.44. The fourth-order valence-corrected chi connectivity index (χ4v) is 4.45. The van der Waals surface area contributed by atoms with Gasteiger partial charge in [-0.15, -0.1) is 0 Å². The Kier molecular flexibility index (Phi) is 5.97. The molecule has 0 unspecified atom stereocenters. The Morgan fingerprint density at radius 1 is 1.17 bits per heavy atom. The van der Waals surface area contributed by atoms with Crippen LogP contribution in [0.2, 0.25) is 5.02 Å². The second-order valence-electron chi connectivity index (χ2n) is 7.85. The summed E-state index contributed by atoms with van der Waals surface area (Å²) in [5.74, 6) is -0.317. The van der Waals surface area contributed by atoms with Gasteiger partial charge in [-0.1, -0.05) is 48.4 Å². The number of hydrogen-bond donors (Lipinski definition) is 0. The highest BCUT2D eigenvalue weighted by Gasteiger charge is 2.35. The fraction of sp³-hybridized carbons (Fsp3) is 0.391. The molecule has 2 aromatic carbocycles. The minimum atomic E-state index is -0.290. The van der Waals surface area contributed by atoms with Gasteiger partial charge in [-0.2, -0.15) is 5.10 Å². The van der Waals surface area contributed by atoms with E-state index < -0.39 is 0 Å². The van der Waals surface area contributed by atoms with Crippen LogP contribution in [0, 0.1) is 5.82 Å². The van der Waals surface area contributed by atoms with Gasteiger partial charge in [-0.25, -0.2) is 9.40 Å². The number of hydrogen-bond acceptors (Lipinski definition) is 3. The third kappa shape index (κ3) is 4.36. The molecule has 2 atom stereocenters. The van der Waals surface area contributed by atoms with Crippen LogP contribution in [-0.4, -0.2) is 40.7 Å². The van der Waals surface area contributed by atoms with Crippen LogP contribution in [0.15, 0.2) is 53.6 Å². The first kappa shape index (κ1) is 20.0. The lowest BCUT2D eigenvalue weighted by molar-refractivity contribution is -0.135. The highest BCUT2D eigenvalue weighted by Crippen LogP contribution is 2.36. The summed E-state index contributed by atoms with van der Waals surface area (Å²) in [4.78, 5) is 15.5. The van der Waals surface area contributed by atoms with Crippen molar-refractivity contribution in [3.05, 3.63) is 70.5 Å². The zero-order valence-corrected chi connectivity index (χ0v) is 17.3. The van der Waals surface area contributed by atoms with Gasteiger partial charge in [0.2, 0.25) is 0 Å². The molecule has 0 aromatic heterocycles. The Morgan fingerprint density at radius 2 is 1.93 bits per heavy atom. The second-order valence-corrected chi connectivity index (χ2v) is 8.26. The van der Waals surface area contributed by atoms with E-state index >= 15 is 0 Å². The van der Waals surface area contributed by atoms with Crippen molar-refractivity contribution in [1.29, 1.82) is 0 Å². The molecular weight excluding hydrogens is 389 g/mol. The molecule has 1 fully saturated rings. The minimum absolute atomic E-state index is 0.0271. The molecule has 4 nitrogen and oxygen atoms in total. The van der Waals surface area contributed by atoms with Crippen molar-refractivity contribution in [2.75, 3.05) is 13.1 Å². The Labute approximate surface area is 176 Å². The molecule has 29 heavy (non-hydrogen) atoms. The molecule has 2 aliphatic rings. The zero-order chi connectivity index (χ0) is 20.4. The van der Waals surface area contributed by atoms with Crippen LogP contribution in [0.25, 0.3) is 0 Å². The smallest absolute Gasteiger partial charge is 0.257 e. The van der Waals surface area contributed by atoms with Gasteiger partial charge in [0, 0.05) is 17.5 Å². The van der Waals surface area contributed by atoms with E-state index in [1.54, 1.807) is 17.1 Å². The topological polar surface area (TPSA) is 35.9 Å². The predicted octanol–water partition coefficient (Wildman–Crippen LogP) is 5.03. The highest BCUT2D eigenvalue weighted by atomic mass is 35.5. The number of amides is 1. The maximum absolute atomic E-state index is 13.3. The first-order valence-electron chi connectivity index (χ1n) is 10.2. The van der Waals surface area contributed by atoms with Gasteiger partial charge in [-0.05, 0) is 55.6 Å². The van der Waals surface area contributed by atoms with E-state index in [-0.39, 0.29) is 17.8 Å². The molecule has 0 spiro atoms. The summed E-state index contributed by atoms with van der Waals surface area (Å²) in [5.41, 5.74) is 2.48. The number of likely N-dealkylation sites (tertiary alicyclic amines) is 1. The lowest BCUT2D eigenvalue weighted by atomic mass is 9.98. The van der Waals surface area contributed by atoms with Crippen LogP contribution in [0.4, 0.5) is 4.39 Å². The Bertz CT molecular complexity index is 915. The predicted molar refractivity (Wildman–Crippen MR) is 113 cm³/mol. The number of piperidine rings is 1. The van der Waals surface area contributed by atoms with Gasteiger partial charge in [0.1, 0.15) is 5.82 Å². The van der Waals surface area contributed by atoms with Crippen molar-refractivity contribution in [3.8, 4) is 0 Å². The van der Waals surface area contributed by atoms with Gasteiger partial charge in [-0.3, -0.25) is 9.69 Å². The minimum Gasteiger partial charge on any atom is -0.292 e. The maximum atomic E-state index is 13.3. The van der Waals surface area contributed by atoms with E-state index in [1.165, 1.54) is 18.6 Å². The maximum Gasteiger partial charge on any atom is 0.257 e. The molecule has 2 heterocycles. The van der Waals surface area contributed by atoms with Crippen molar-refractivity contribution in [1.82, 2.24) is 9.91 Å². The van der Waals surface area contributed by atoms with Crippen molar-refractivity contribution in [2.45, 2.75) is 44.7 Å². The Hall–Kier alpha value is -2.24. The van der Waals surface area contributed by atoms with Crippen LogP contribution < -0.4 is 0 Å². The number of halogens is 2. The molecule has 0 saturated carbocycles. The Balaban J connectivity index is 1.62. The van der Waals surface area contributed by atoms with Gasteiger partial charge in [0.25, 0.3) is 5.91 Å². The largest absolute Gasteiger partial charge is 0.292 e. The van der Waals surface area contributed by atoms with Gasteiger partial charge >= 0.3 is 0 Å². The molecule has 0 bridgehead atoms. The van der Waals surface area contributed by atoms with Crippen LogP contribution in [-0.2, 0) is 4.79 Å². The number of carbonyl (C=O) groups is 1. The van der Waals surface area contributed by atoms with Crippen LogP contribution >= 0.6 is 11.6 Å². The summed E-state index contributed by atoms with van der Waals surface area (Å²) < 4.78 is 13.3. The molecular formula is C23H25ClFN3O. The third-order valence-corrected chi connectivity index (χ3v) is 6.23. The first-order chi connectivity index (χ1) is 14.0. The number of rotatable bonds is 4. The first-order valence-corrected chi connectivity index (χ1v) is 10.5. The van der Waals surface area contributed by atoms with Crippen molar-refractivity contribution >= 4 is 23.2 Å². The molecule has 152 valence electrons. The fourth-order valence-electron chi connectivity index (χ4n) is 4.18. The number of benzene rings is 2. The van der Waals surface area contributed by atoms with Crippen molar-refractivity contribution < 1.29 is 9.18 Å².